The molecule has 0 saturated heterocycles. The predicted octanol–water partition coefficient (Wildman–Crippen LogP) is 4.75. The van der Waals surface area contributed by atoms with Gasteiger partial charge >= 0.3 is 0 Å². The number of hydrogen-bond acceptors (Lipinski definition) is 3. The summed E-state index contributed by atoms with van der Waals surface area (Å²) in [4.78, 5) is 10.3. The Bertz CT molecular complexity index is 662. The number of benzene rings is 2. The van der Waals surface area contributed by atoms with Crippen molar-refractivity contribution in [2.24, 2.45) is 0 Å². The molecule has 6 heteroatoms. The van der Waals surface area contributed by atoms with Gasteiger partial charge in [0.1, 0.15) is 0 Å². The Morgan fingerprint density at radius 3 is 2.67 bits per heavy atom. The first-order valence-electron chi connectivity index (χ1n) is 6.39. The van der Waals surface area contributed by atoms with Crippen LogP contribution in [0.1, 0.15) is 24.1 Å². The van der Waals surface area contributed by atoms with Gasteiger partial charge in [0.05, 0.1) is 4.92 Å². The van der Waals surface area contributed by atoms with E-state index in [1.807, 2.05) is 19.1 Å². The quantitative estimate of drug-likeness (QED) is 0.637. The molecule has 1 unspecified atom stereocenters. The van der Waals surface area contributed by atoms with Gasteiger partial charge in [0.15, 0.2) is 0 Å². The highest BCUT2D eigenvalue weighted by atomic mass is 35.5. The third-order valence-corrected chi connectivity index (χ3v) is 3.73. The first-order chi connectivity index (χ1) is 9.97. The van der Waals surface area contributed by atoms with Crippen LogP contribution >= 0.6 is 23.2 Å². The van der Waals surface area contributed by atoms with E-state index in [0.717, 1.165) is 11.1 Å². The van der Waals surface area contributed by atoms with Gasteiger partial charge in [-0.1, -0.05) is 41.4 Å². The van der Waals surface area contributed by atoms with Crippen molar-refractivity contribution in [1.29, 1.82) is 0 Å². The minimum absolute atomic E-state index is 0.00836. The monoisotopic (exact) mass is 324 g/mol. The largest absolute Gasteiger partial charge is 0.306 e. The summed E-state index contributed by atoms with van der Waals surface area (Å²) >= 11 is 12.0. The Morgan fingerprint density at radius 1 is 1.24 bits per heavy atom. The molecule has 110 valence electrons. The summed E-state index contributed by atoms with van der Waals surface area (Å²) in [6.07, 6.45) is 0. The molecule has 2 aromatic rings. The van der Waals surface area contributed by atoms with Crippen molar-refractivity contribution in [1.82, 2.24) is 5.32 Å². The molecule has 0 radical (unpaired) electrons. The van der Waals surface area contributed by atoms with E-state index in [4.69, 9.17) is 23.2 Å². The van der Waals surface area contributed by atoms with Gasteiger partial charge in [-0.15, -0.1) is 0 Å². The van der Waals surface area contributed by atoms with Crippen molar-refractivity contribution in [2.75, 3.05) is 0 Å². The van der Waals surface area contributed by atoms with Gasteiger partial charge in [0.25, 0.3) is 5.69 Å². The van der Waals surface area contributed by atoms with Gasteiger partial charge in [-0.3, -0.25) is 10.1 Å². The van der Waals surface area contributed by atoms with Crippen LogP contribution in [0.5, 0.6) is 0 Å². The van der Waals surface area contributed by atoms with E-state index in [0.29, 0.717) is 16.6 Å². The van der Waals surface area contributed by atoms with Crippen molar-refractivity contribution in [3.63, 3.8) is 0 Å². The lowest BCUT2D eigenvalue weighted by molar-refractivity contribution is -0.384. The molecule has 2 aromatic carbocycles. The van der Waals surface area contributed by atoms with Crippen molar-refractivity contribution in [3.05, 3.63) is 73.8 Å². The highest BCUT2D eigenvalue weighted by Crippen LogP contribution is 2.26. The fourth-order valence-corrected chi connectivity index (χ4v) is 2.59. The standard InChI is InChI=1S/C15H14Cl2N2O2/c1-10(14-6-5-12(16)8-15(14)17)18-9-11-3-2-4-13(7-11)19(20)21/h2-8,10,18H,9H2,1H3. The zero-order valence-electron chi connectivity index (χ0n) is 11.3. The maximum Gasteiger partial charge on any atom is 0.269 e. The van der Waals surface area contributed by atoms with E-state index in [1.54, 1.807) is 24.3 Å². The normalized spacial score (nSPS) is 12.1. The summed E-state index contributed by atoms with van der Waals surface area (Å²) in [5.41, 5.74) is 1.87. The Morgan fingerprint density at radius 2 is 2.00 bits per heavy atom. The smallest absolute Gasteiger partial charge is 0.269 e. The molecule has 21 heavy (non-hydrogen) atoms. The Labute approximate surface area is 132 Å². The minimum Gasteiger partial charge on any atom is -0.306 e. The fourth-order valence-electron chi connectivity index (χ4n) is 2.01. The second-order valence-electron chi connectivity index (χ2n) is 4.70. The second-order valence-corrected chi connectivity index (χ2v) is 5.54. The predicted molar refractivity (Wildman–Crippen MR) is 84.8 cm³/mol. The number of nitro groups is 1. The molecule has 0 aliphatic heterocycles. The Hall–Kier alpha value is -1.62. The third-order valence-electron chi connectivity index (χ3n) is 3.16. The Balaban J connectivity index is 2.05. The van der Waals surface area contributed by atoms with Crippen molar-refractivity contribution in [2.45, 2.75) is 19.5 Å². The van der Waals surface area contributed by atoms with Crippen LogP contribution in [0.25, 0.3) is 0 Å². The van der Waals surface area contributed by atoms with Crippen molar-refractivity contribution < 1.29 is 4.92 Å². The van der Waals surface area contributed by atoms with E-state index < -0.39 is 4.92 Å². The molecule has 2 rings (SSSR count). The van der Waals surface area contributed by atoms with Crippen molar-refractivity contribution >= 4 is 28.9 Å². The van der Waals surface area contributed by atoms with Crippen LogP contribution < -0.4 is 5.32 Å². The number of nitrogens with one attached hydrogen (secondary N) is 1. The lowest BCUT2D eigenvalue weighted by Gasteiger charge is -2.16. The number of nitrogens with zero attached hydrogens (tertiary/aromatic N) is 1. The van der Waals surface area contributed by atoms with Crippen molar-refractivity contribution in [3.8, 4) is 0 Å². The van der Waals surface area contributed by atoms with Gasteiger partial charge < -0.3 is 5.32 Å². The molecule has 0 amide bonds. The molecule has 0 heterocycles. The highest BCUT2D eigenvalue weighted by Gasteiger charge is 2.11. The number of nitro benzene ring substituents is 1. The van der Waals surface area contributed by atoms with Gasteiger partial charge in [-0.2, -0.15) is 0 Å². The van der Waals surface area contributed by atoms with Gasteiger partial charge in [-0.05, 0) is 30.2 Å². The summed E-state index contributed by atoms with van der Waals surface area (Å²) < 4.78 is 0. The highest BCUT2D eigenvalue weighted by molar-refractivity contribution is 6.35. The molecule has 0 aliphatic rings. The van der Waals surface area contributed by atoms with E-state index in [-0.39, 0.29) is 11.7 Å². The van der Waals surface area contributed by atoms with Gasteiger partial charge in [-0.25, -0.2) is 0 Å². The molecule has 0 aromatic heterocycles. The zero-order valence-corrected chi connectivity index (χ0v) is 12.9. The molecule has 0 aliphatic carbocycles. The first kappa shape index (κ1) is 15.8. The zero-order chi connectivity index (χ0) is 15.4. The molecule has 1 atom stereocenters. The molecular formula is C15H14Cl2N2O2. The number of non-ortho nitro benzene ring substituents is 1. The van der Waals surface area contributed by atoms with Crippen LogP contribution in [-0.2, 0) is 6.54 Å². The van der Waals surface area contributed by atoms with Crippen LogP contribution in [0.15, 0.2) is 42.5 Å². The average molecular weight is 325 g/mol. The lowest BCUT2D eigenvalue weighted by Crippen LogP contribution is -2.18. The van der Waals surface area contributed by atoms with Crippen LogP contribution in [0.4, 0.5) is 5.69 Å². The molecule has 0 spiro atoms. The second kappa shape index (κ2) is 6.89. The molecular weight excluding hydrogens is 311 g/mol. The molecule has 0 bridgehead atoms. The lowest BCUT2D eigenvalue weighted by atomic mass is 10.1. The van der Waals surface area contributed by atoms with Gasteiger partial charge in [0.2, 0.25) is 0 Å². The third kappa shape index (κ3) is 4.17. The fraction of sp³-hybridized carbons (Fsp3) is 0.200. The minimum atomic E-state index is -0.400. The summed E-state index contributed by atoms with van der Waals surface area (Å²) in [5, 5.41) is 15.2. The van der Waals surface area contributed by atoms with E-state index >= 15 is 0 Å². The molecule has 0 saturated carbocycles. The van der Waals surface area contributed by atoms with E-state index in [9.17, 15) is 10.1 Å². The topological polar surface area (TPSA) is 55.2 Å². The Kier molecular flexibility index (Phi) is 5.17. The van der Waals surface area contributed by atoms with E-state index in [1.165, 1.54) is 6.07 Å². The maximum atomic E-state index is 10.7. The van der Waals surface area contributed by atoms with Crippen LogP contribution in [0.2, 0.25) is 10.0 Å². The first-order valence-corrected chi connectivity index (χ1v) is 7.14. The van der Waals surface area contributed by atoms with Gasteiger partial charge in [0, 0.05) is 34.8 Å². The van der Waals surface area contributed by atoms with E-state index in [2.05, 4.69) is 5.32 Å². The summed E-state index contributed by atoms with van der Waals surface area (Å²) in [6.45, 7) is 2.49. The number of halogens is 2. The maximum absolute atomic E-state index is 10.7. The molecule has 1 N–H and O–H groups in total. The van der Waals surface area contributed by atoms with Crippen LogP contribution in [-0.4, -0.2) is 4.92 Å². The van der Waals surface area contributed by atoms with Crippen LogP contribution in [0, 0.1) is 10.1 Å². The van der Waals surface area contributed by atoms with Crippen LogP contribution in [0.3, 0.4) is 0 Å². The molecule has 4 nitrogen and oxygen atoms in total. The summed E-state index contributed by atoms with van der Waals surface area (Å²) in [5.74, 6) is 0. The number of hydrogen-bond donors (Lipinski definition) is 1. The molecule has 0 fully saturated rings. The summed E-state index contributed by atoms with van der Waals surface area (Å²) in [7, 11) is 0. The number of rotatable bonds is 5. The summed E-state index contributed by atoms with van der Waals surface area (Å²) in [6, 6.07) is 11.9. The SMILES string of the molecule is CC(NCc1cccc([N+](=O)[O-])c1)c1ccc(Cl)cc1Cl. The average Bonchev–Trinajstić information content (AvgIpc) is 2.45.